The van der Waals surface area contributed by atoms with E-state index in [2.05, 4.69) is 22.6 Å². The summed E-state index contributed by atoms with van der Waals surface area (Å²) in [6.07, 6.45) is -0.0307. The molecule has 0 spiro atoms. The molecular weight excluding hydrogens is 251 g/mol. The molecule has 60 valence electrons. The van der Waals surface area contributed by atoms with Crippen LogP contribution in [0.2, 0.25) is 0 Å². The maximum Gasteiger partial charge on any atom is 0.263 e. The number of halogens is 3. The molecule has 1 rings (SSSR count). The topological polar surface area (TPSA) is 3.24 Å². The van der Waals surface area contributed by atoms with Gasteiger partial charge < -0.3 is 0 Å². The molecule has 0 aliphatic carbocycles. The Balaban J connectivity index is 2.71. The maximum atomic E-state index is 12.6. The third-order valence-corrected chi connectivity index (χ3v) is 3.05. The van der Waals surface area contributed by atoms with Crippen molar-refractivity contribution in [2.75, 3.05) is 13.6 Å². The van der Waals surface area contributed by atoms with Gasteiger partial charge in [0.1, 0.15) is 0 Å². The van der Waals surface area contributed by atoms with Crippen molar-refractivity contribution < 1.29 is 8.78 Å². The van der Waals surface area contributed by atoms with Crippen LogP contribution >= 0.6 is 22.6 Å². The lowest BCUT2D eigenvalue weighted by molar-refractivity contribution is 0.0140. The molecule has 1 unspecified atom stereocenters. The second kappa shape index (κ2) is 2.27. The molecule has 0 bridgehead atoms. The first-order valence-electron chi connectivity index (χ1n) is 3.11. The average Bonchev–Trinajstić information content (AvgIpc) is 1.73. The maximum absolute atomic E-state index is 12.6. The molecule has 4 heteroatoms. The number of nitrogens with zero attached hydrogens (tertiary/aromatic N) is 1. The normalized spacial score (nSPS) is 40.5. The minimum absolute atomic E-state index is 0.0307. The predicted octanol–water partition coefficient (Wildman–Crippen LogP) is 2.11. The molecule has 1 heterocycles. The molecule has 0 aromatic rings. The molecular formula is C6H10F2IN. The van der Waals surface area contributed by atoms with E-state index < -0.39 is 5.92 Å². The summed E-state index contributed by atoms with van der Waals surface area (Å²) in [5.74, 6) is -2.48. The average molecular weight is 261 g/mol. The Bertz CT molecular complexity index is 147. The standard InChI is InChI=1S/C6H10F2IN/c1-5(9)3-6(7,8)4-10(5)2/h3-4H2,1-2H3. The third kappa shape index (κ3) is 1.58. The molecule has 0 aromatic heterocycles. The first-order valence-corrected chi connectivity index (χ1v) is 4.19. The Hall–Kier alpha value is 0.550. The smallest absolute Gasteiger partial charge is 0.263 e. The molecule has 0 radical (unpaired) electrons. The Kier molecular flexibility index (Phi) is 1.96. The van der Waals surface area contributed by atoms with E-state index in [1.54, 1.807) is 11.9 Å². The van der Waals surface area contributed by atoms with Crippen molar-refractivity contribution in [2.45, 2.75) is 22.8 Å². The molecule has 1 fully saturated rings. The molecule has 1 atom stereocenters. The summed E-state index contributed by atoms with van der Waals surface area (Å²) in [7, 11) is 1.73. The molecule has 0 amide bonds. The molecule has 0 aromatic carbocycles. The van der Waals surface area contributed by atoms with Crippen molar-refractivity contribution in [3.05, 3.63) is 0 Å². The Morgan fingerprint density at radius 3 is 2.10 bits per heavy atom. The lowest BCUT2D eigenvalue weighted by atomic mass is 10.2. The summed E-state index contributed by atoms with van der Waals surface area (Å²) in [6, 6.07) is 0. The second-order valence-electron chi connectivity index (χ2n) is 3.03. The van der Waals surface area contributed by atoms with Crippen LogP contribution in [0.4, 0.5) is 8.78 Å². The zero-order chi connectivity index (χ0) is 7.99. The van der Waals surface area contributed by atoms with E-state index >= 15 is 0 Å². The van der Waals surface area contributed by atoms with Gasteiger partial charge in [0.25, 0.3) is 5.92 Å². The second-order valence-corrected chi connectivity index (χ2v) is 5.36. The van der Waals surface area contributed by atoms with Gasteiger partial charge in [-0.1, -0.05) is 22.6 Å². The third-order valence-electron chi connectivity index (χ3n) is 1.85. The number of alkyl halides is 3. The number of rotatable bonds is 0. The van der Waals surface area contributed by atoms with Gasteiger partial charge in [0.2, 0.25) is 0 Å². The van der Waals surface area contributed by atoms with Crippen molar-refractivity contribution in [3.63, 3.8) is 0 Å². The molecule has 1 aliphatic rings. The highest BCUT2D eigenvalue weighted by atomic mass is 127. The van der Waals surface area contributed by atoms with Gasteiger partial charge in [0.15, 0.2) is 0 Å². The minimum Gasteiger partial charge on any atom is -0.286 e. The summed E-state index contributed by atoms with van der Waals surface area (Å²) in [4.78, 5) is 1.69. The number of likely N-dealkylation sites (tertiary alicyclic amines) is 1. The first-order chi connectivity index (χ1) is 4.33. The van der Waals surface area contributed by atoms with Crippen LogP contribution in [-0.2, 0) is 0 Å². The van der Waals surface area contributed by atoms with Crippen LogP contribution < -0.4 is 0 Å². The summed E-state index contributed by atoms with van der Waals surface area (Å²) in [5, 5.41) is 0. The molecule has 1 nitrogen and oxygen atoms in total. The zero-order valence-corrected chi connectivity index (χ0v) is 8.15. The summed E-state index contributed by atoms with van der Waals surface area (Å²) < 4.78 is 24.9. The fourth-order valence-electron chi connectivity index (χ4n) is 1.17. The summed E-state index contributed by atoms with van der Waals surface area (Å²) in [5.41, 5.74) is 0. The first kappa shape index (κ1) is 8.64. The Morgan fingerprint density at radius 1 is 1.50 bits per heavy atom. The summed E-state index contributed by atoms with van der Waals surface area (Å²) in [6.45, 7) is 1.72. The van der Waals surface area contributed by atoms with Crippen molar-refractivity contribution in [1.29, 1.82) is 0 Å². The van der Waals surface area contributed by atoms with Gasteiger partial charge in [-0.3, -0.25) is 4.90 Å². The van der Waals surface area contributed by atoms with Crippen LogP contribution in [0.3, 0.4) is 0 Å². The molecule has 1 saturated heterocycles. The lowest BCUT2D eigenvalue weighted by Gasteiger charge is -2.23. The zero-order valence-electron chi connectivity index (χ0n) is 6.00. The number of hydrogen-bond acceptors (Lipinski definition) is 1. The van der Waals surface area contributed by atoms with Crippen LogP contribution in [-0.4, -0.2) is 28.0 Å². The van der Waals surface area contributed by atoms with Crippen LogP contribution in [0.1, 0.15) is 13.3 Å². The highest BCUT2D eigenvalue weighted by molar-refractivity contribution is 14.1. The molecule has 1 aliphatic heterocycles. The van der Waals surface area contributed by atoms with E-state index in [4.69, 9.17) is 0 Å². The quantitative estimate of drug-likeness (QED) is 0.366. The van der Waals surface area contributed by atoms with E-state index in [9.17, 15) is 8.78 Å². The highest BCUT2D eigenvalue weighted by Crippen LogP contribution is 2.42. The van der Waals surface area contributed by atoms with E-state index in [0.29, 0.717) is 0 Å². The minimum atomic E-state index is -2.48. The SMILES string of the molecule is CN1CC(F)(F)CC1(C)I. The predicted molar refractivity (Wildman–Crippen MR) is 44.6 cm³/mol. The lowest BCUT2D eigenvalue weighted by Crippen LogP contribution is -2.31. The summed E-state index contributed by atoms with van der Waals surface area (Å²) >= 11 is 2.06. The van der Waals surface area contributed by atoms with Crippen LogP contribution in [0.25, 0.3) is 0 Å². The van der Waals surface area contributed by atoms with Crippen molar-refractivity contribution in [3.8, 4) is 0 Å². The molecule has 0 saturated carbocycles. The molecule has 10 heavy (non-hydrogen) atoms. The van der Waals surface area contributed by atoms with Gasteiger partial charge >= 0.3 is 0 Å². The van der Waals surface area contributed by atoms with E-state index in [0.717, 1.165) is 0 Å². The Morgan fingerprint density at radius 2 is 2.00 bits per heavy atom. The van der Waals surface area contributed by atoms with Crippen LogP contribution in [0, 0.1) is 0 Å². The fraction of sp³-hybridized carbons (Fsp3) is 1.00. The van der Waals surface area contributed by atoms with Gasteiger partial charge in [-0.25, -0.2) is 8.78 Å². The van der Waals surface area contributed by atoms with Crippen LogP contribution in [0.15, 0.2) is 0 Å². The van der Waals surface area contributed by atoms with Crippen LogP contribution in [0.5, 0.6) is 0 Å². The largest absolute Gasteiger partial charge is 0.286 e. The van der Waals surface area contributed by atoms with Gasteiger partial charge in [-0.2, -0.15) is 0 Å². The van der Waals surface area contributed by atoms with E-state index in [-0.39, 0.29) is 16.5 Å². The Labute approximate surface area is 72.9 Å². The fourth-order valence-corrected chi connectivity index (χ4v) is 1.90. The van der Waals surface area contributed by atoms with Gasteiger partial charge in [-0.15, -0.1) is 0 Å². The van der Waals surface area contributed by atoms with Crippen molar-refractivity contribution in [1.82, 2.24) is 4.90 Å². The number of hydrogen-bond donors (Lipinski definition) is 0. The van der Waals surface area contributed by atoms with Gasteiger partial charge in [0.05, 0.1) is 10.1 Å². The monoisotopic (exact) mass is 261 g/mol. The molecule has 0 N–H and O–H groups in total. The van der Waals surface area contributed by atoms with E-state index in [1.807, 2.05) is 6.92 Å². The van der Waals surface area contributed by atoms with E-state index in [1.165, 1.54) is 0 Å². The highest BCUT2D eigenvalue weighted by Gasteiger charge is 2.48. The van der Waals surface area contributed by atoms with Gasteiger partial charge in [-0.05, 0) is 14.0 Å². The van der Waals surface area contributed by atoms with Crippen molar-refractivity contribution >= 4 is 22.6 Å². The van der Waals surface area contributed by atoms with Gasteiger partial charge in [0, 0.05) is 6.42 Å². The van der Waals surface area contributed by atoms with Crippen molar-refractivity contribution in [2.24, 2.45) is 0 Å².